The second kappa shape index (κ2) is 3.34. The molecule has 0 aromatic carbocycles. The molecular weight excluding hydrogens is 176 g/mol. The lowest BCUT2D eigenvalue weighted by atomic mass is 9.62. The van der Waals surface area contributed by atoms with E-state index in [1.54, 1.807) is 0 Å². The Morgan fingerprint density at radius 2 is 1.93 bits per heavy atom. The maximum absolute atomic E-state index is 11.5. The quantitative estimate of drug-likeness (QED) is 0.595. The van der Waals surface area contributed by atoms with Gasteiger partial charge in [-0.25, -0.2) is 0 Å². The predicted octanol–water partition coefficient (Wildman–Crippen LogP) is 2.70. The van der Waals surface area contributed by atoms with Crippen LogP contribution in [0.1, 0.15) is 52.4 Å². The molecule has 0 N–H and O–H groups in total. The van der Waals surface area contributed by atoms with E-state index >= 15 is 0 Å². The first kappa shape index (κ1) is 10.2. The smallest absolute Gasteiger partial charge is 0.138 e. The van der Waals surface area contributed by atoms with Gasteiger partial charge in [0, 0.05) is 12.8 Å². The molecule has 1 heterocycles. The van der Waals surface area contributed by atoms with Gasteiger partial charge in [0.2, 0.25) is 0 Å². The normalized spacial score (nSPS) is 37.4. The summed E-state index contributed by atoms with van der Waals surface area (Å²) in [6.45, 7) is 5.15. The Kier molecular flexibility index (Phi) is 2.42. The average molecular weight is 196 g/mol. The van der Waals surface area contributed by atoms with Crippen molar-refractivity contribution in [1.82, 2.24) is 0 Å². The molecule has 0 amide bonds. The Balaban J connectivity index is 2.22. The van der Waals surface area contributed by atoms with E-state index in [0.29, 0.717) is 25.2 Å². The molecule has 1 unspecified atom stereocenters. The molecule has 1 spiro atoms. The molecule has 0 aromatic rings. The molecule has 0 aromatic heterocycles. The molecule has 1 saturated heterocycles. The molecule has 2 rings (SSSR count). The topological polar surface area (TPSA) is 26.3 Å². The Hall–Kier alpha value is -0.370. The van der Waals surface area contributed by atoms with Gasteiger partial charge in [-0.15, -0.1) is 0 Å². The van der Waals surface area contributed by atoms with Crippen LogP contribution in [0.3, 0.4) is 0 Å². The highest BCUT2D eigenvalue weighted by Crippen LogP contribution is 2.49. The van der Waals surface area contributed by atoms with Crippen LogP contribution in [0.25, 0.3) is 0 Å². The molecule has 2 nitrogen and oxygen atoms in total. The number of carbonyl (C=O) groups excluding carboxylic acids is 1. The van der Waals surface area contributed by atoms with Crippen molar-refractivity contribution in [3.8, 4) is 0 Å². The van der Waals surface area contributed by atoms with Crippen molar-refractivity contribution >= 4 is 5.78 Å². The van der Waals surface area contributed by atoms with E-state index in [4.69, 9.17) is 4.74 Å². The molecule has 1 saturated carbocycles. The number of ether oxygens (including phenoxy) is 1. The van der Waals surface area contributed by atoms with Crippen molar-refractivity contribution in [3.05, 3.63) is 0 Å². The van der Waals surface area contributed by atoms with Crippen LogP contribution in [0, 0.1) is 5.41 Å². The molecule has 1 aliphatic carbocycles. The number of hydrogen-bond acceptors (Lipinski definition) is 2. The van der Waals surface area contributed by atoms with Gasteiger partial charge in [0.1, 0.15) is 5.78 Å². The SMILES string of the molecule is CC1(C)CCCCC12CC(=O)CCO2. The van der Waals surface area contributed by atoms with Gasteiger partial charge in [-0.2, -0.15) is 0 Å². The van der Waals surface area contributed by atoms with Gasteiger partial charge in [-0.1, -0.05) is 26.7 Å². The van der Waals surface area contributed by atoms with E-state index in [1.165, 1.54) is 19.3 Å². The van der Waals surface area contributed by atoms with Crippen molar-refractivity contribution in [3.63, 3.8) is 0 Å². The Labute approximate surface area is 86.0 Å². The zero-order chi connectivity index (χ0) is 10.2. The van der Waals surface area contributed by atoms with E-state index in [9.17, 15) is 4.79 Å². The van der Waals surface area contributed by atoms with Crippen molar-refractivity contribution in [2.75, 3.05) is 6.61 Å². The summed E-state index contributed by atoms with van der Waals surface area (Å²) in [5, 5.41) is 0. The fraction of sp³-hybridized carbons (Fsp3) is 0.917. The molecule has 14 heavy (non-hydrogen) atoms. The number of hydrogen-bond donors (Lipinski definition) is 0. The van der Waals surface area contributed by atoms with Crippen LogP contribution in [0.5, 0.6) is 0 Å². The van der Waals surface area contributed by atoms with Crippen molar-refractivity contribution < 1.29 is 9.53 Å². The largest absolute Gasteiger partial charge is 0.374 e. The summed E-state index contributed by atoms with van der Waals surface area (Å²) in [4.78, 5) is 11.5. The van der Waals surface area contributed by atoms with Gasteiger partial charge in [-0.05, 0) is 18.3 Å². The summed E-state index contributed by atoms with van der Waals surface area (Å²) < 4.78 is 5.97. The van der Waals surface area contributed by atoms with Gasteiger partial charge >= 0.3 is 0 Å². The third-order valence-corrected chi connectivity index (χ3v) is 4.11. The standard InChI is InChI=1S/C12H20O2/c1-11(2)6-3-4-7-12(11)9-10(13)5-8-14-12/h3-9H2,1-2H3. The number of ketones is 1. The van der Waals surface area contributed by atoms with E-state index in [-0.39, 0.29) is 11.0 Å². The zero-order valence-corrected chi connectivity index (χ0v) is 9.27. The first-order chi connectivity index (χ1) is 6.56. The zero-order valence-electron chi connectivity index (χ0n) is 9.27. The number of carbonyl (C=O) groups is 1. The highest BCUT2D eigenvalue weighted by Gasteiger charge is 2.50. The highest BCUT2D eigenvalue weighted by molar-refractivity contribution is 5.80. The number of rotatable bonds is 0. The second-order valence-electron chi connectivity index (χ2n) is 5.40. The van der Waals surface area contributed by atoms with Crippen molar-refractivity contribution in [2.24, 2.45) is 5.41 Å². The molecular formula is C12H20O2. The van der Waals surface area contributed by atoms with Gasteiger partial charge in [0.05, 0.1) is 12.2 Å². The van der Waals surface area contributed by atoms with E-state index in [0.717, 1.165) is 6.42 Å². The predicted molar refractivity (Wildman–Crippen MR) is 55.2 cm³/mol. The van der Waals surface area contributed by atoms with E-state index < -0.39 is 0 Å². The molecule has 0 radical (unpaired) electrons. The van der Waals surface area contributed by atoms with Crippen LogP contribution in [0.15, 0.2) is 0 Å². The van der Waals surface area contributed by atoms with Crippen LogP contribution in [0.4, 0.5) is 0 Å². The third-order valence-electron chi connectivity index (χ3n) is 4.11. The number of Topliss-reactive ketones (excluding diaryl/α,β-unsaturated/α-hetero) is 1. The maximum atomic E-state index is 11.5. The summed E-state index contributed by atoms with van der Waals surface area (Å²) in [5.41, 5.74) is 0.0575. The molecule has 80 valence electrons. The minimum absolute atomic E-state index is 0.124. The Morgan fingerprint density at radius 3 is 2.57 bits per heavy atom. The van der Waals surface area contributed by atoms with Gasteiger partial charge < -0.3 is 4.74 Å². The fourth-order valence-corrected chi connectivity index (χ4v) is 2.96. The summed E-state index contributed by atoms with van der Waals surface area (Å²) in [6, 6.07) is 0. The fourth-order valence-electron chi connectivity index (χ4n) is 2.96. The molecule has 2 fully saturated rings. The van der Waals surface area contributed by atoms with Crippen LogP contribution in [-0.4, -0.2) is 18.0 Å². The Morgan fingerprint density at radius 1 is 1.21 bits per heavy atom. The molecule has 2 aliphatic rings. The second-order valence-corrected chi connectivity index (χ2v) is 5.40. The summed E-state index contributed by atoms with van der Waals surface area (Å²) >= 11 is 0. The molecule has 2 heteroatoms. The van der Waals surface area contributed by atoms with Gasteiger partial charge in [0.25, 0.3) is 0 Å². The summed E-state index contributed by atoms with van der Waals surface area (Å²) in [6.07, 6.45) is 6.05. The first-order valence-electron chi connectivity index (χ1n) is 5.71. The highest BCUT2D eigenvalue weighted by atomic mass is 16.5. The van der Waals surface area contributed by atoms with E-state index in [2.05, 4.69) is 13.8 Å². The minimum Gasteiger partial charge on any atom is -0.374 e. The molecule has 0 bridgehead atoms. The maximum Gasteiger partial charge on any atom is 0.138 e. The van der Waals surface area contributed by atoms with E-state index in [1.807, 2.05) is 0 Å². The first-order valence-corrected chi connectivity index (χ1v) is 5.71. The average Bonchev–Trinajstić information content (AvgIpc) is 2.11. The van der Waals surface area contributed by atoms with Gasteiger partial charge in [-0.3, -0.25) is 4.79 Å². The lowest BCUT2D eigenvalue weighted by Crippen LogP contribution is -2.53. The lowest BCUT2D eigenvalue weighted by Gasteiger charge is -2.51. The summed E-state index contributed by atoms with van der Waals surface area (Å²) in [7, 11) is 0. The van der Waals surface area contributed by atoms with Crippen LogP contribution < -0.4 is 0 Å². The Bertz CT molecular complexity index is 241. The van der Waals surface area contributed by atoms with Crippen molar-refractivity contribution in [1.29, 1.82) is 0 Å². The van der Waals surface area contributed by atoms with Gasteiger partial charge in [0.15, 0.2) is 0 Å². The monoisotopic (exact) mass is 196 g/mol. The minimum atomic E-state index is -0.124. The van der Waals surface area contributed by atoms with Crippen LogP contribution >= 0.6 is 0 Å². The van der Waals surface area contributed by atoms with Crippen LogP contribution in [0.2, 0.25) is 0 Å². The lowest BCUT2D eigenvalue weighted by molar-refractivity contribution is -0.176. The molecule has 1 aliphatic heterocycles. The van der Waals surface area contributed by atoms with Crippen LogP contribution in [-0.2, 0) is 9.53 Å². The van der Waals surface area contributed by atoms with Crippen molar-refractivity contribution in [2.45, 2.75) is 58.0 Å². The summed E-state index contributed by atoms with van der Waals surface area (Å²) in [5.74, 6) is 0.395. The molecule has 1 atom stereocenters. The third kappa shape index (κ3) is 1.50.